The lowest BCUT2D eigenvalue weighted by Crippen LogP contribution is -2.09. The third-order valence-electron chi connectivity index (χ3n) is 3.66. The quantitative estimate of drug-likeness (QED) is 0.821. The molecule has 0 aliphatic heterocycles. The number of anilines is 1. The lowest BCUT2D eigenvalue weighted by atomic mass is 10.1. The van der Waals surface area contributed by atoms with E-state index in [4.69, 9.17) is 5.73 Å². The first-order valence-corrected chi connectivity index (χ1v) is 6.98. The second-order valence-electron chi connectivity index (χ2n) is 5.27. The summed E-state index contributed by atoms with van der Waals surface area (Å²) in [6.07, 6.45) is 4.68. The normalized spacial score (nSPS) is 13.1. The van der Waals surface area contributed by atoms with Gasteiger partial charge in [-0.2, -0.15) is 0 Å². The van der Waals surface area contributed by atoms with E-state index in [9.17, 15) is 4.39 Å². The Balaban J connectivity index is 2.36. The zero-order valence-corrected chi connectivity index (χ0v) is 11.9. The summed E-state index contributed by atoms with van der Waals surface area (Å²) in [6.45, 7) is 6.10. The van der Waals surface area contributed by atoms with Crippen molar-refractivity contribution < 1.29 is 4.39 Å². The van der Waals surface area contributed by atoms with Gasteiger partial charge in [-0.15, -0.1) is 0 Å². The summed E-state index contributed by atoms with van der Waals surface area (Å²) in [7, 11) is 0. The standard InChI is InChI=1S/C15H22FN3/c1-4-5-6-7-11(3)19-14-8-10(2)12(16)9-13(14)18-15(19)17/h8-9,11H,4-7H2,1-3H3,(H2,17,18). The Morgan fingerprint density at radius 2 is 2.11 bits per heavy atom. The zero-order chi connectivity index (χ0) is 14.0. The van der Waals surface area contributed by atoms with E-state index in [1.807, 2.05) is 10.6 Å². The first kappa shape index (κ1) is 13.8. The molecule has 2 rings (SSSR count). The van der Waals surface area contributed by atoms with E-state index in [0.29, 0.717) is 23.1 Å². The highest BCUT2D eigenvalue weighted by Crippen LogP contribution is 2.27. The van der Waals surface area contributed by atoms with Crippen molar-refractivity contribution in [2.75, 3.05) is 5.73 Å². The fourth-order valence-corrected chi connectivity index (χ4v) is 2.52. The van der Waals surface area contributed by atoms with Crippen LogP contribution < -0.4 is 5.73 Å². The van der Waals surface area contributed by atoms with Crippen molar-refractivity contribution in [3.05, 3.63) is 23.5 Å². The van der Waals surface area contributed by atoms with E-state index < -0.39 is 0 Å². The van der Waals surface area contributed by atoms with Crippen molar-refractivity contribution in [3.8, 4) is 0 Å². The molecule has 1 heterocycles. The third kappa shape index (κ3) is 2.72. The maximum Gasteiger partial charge on any atom is 0.201 e. The molecule has 0 radical (unpaired) electrons. The van der Waals surface area contributed by atoms with Gasteiger partial charge in [0.1, 0.15) is 5.82 Å². The van der Waals surface area contributed by atoms with Gasteiger partial charge in [0.15, 0.2) is 0 Å². The summed E-state index contributed by atoms with van der Waals surface area (Å²) < 4.78 is 15.6. The van der Waals surface area contributed by atoms with Crippen molar-refractivity contribution in [3.63, 3.8) is 0 Å². The Morgan fingerprint density at radius 1 is 1.37 bits per heavy atom. The number of nitrogens with two attached hydrogens (primary N) is 1. The molecule has 1 atom stereocenters. The largest absolute Gasteiger partial charge is 0.369 e. The highest BCUT2D eigenvalue weighted by molar-refractivity contribution is 5.79. The molecule has 2 N–H and O–H groups in total. The minimum atomic E-state index is -0.226. The van der Waals surface area contributed by atoms with Gasteiger partial charge in [-0.1, -0.05) is 26.2 Å². The Bertz CT molecular complexity index is 574. The number of fused-ring (bicyclic) bond motifs is 1. The first-order chi connectivity index (χ1) is 9.04. The molecule has 1 unspecified atom stereocenters. The summed E-state index contributed by atoms with van der Waals surface area (Å²) in [5, 5.41) is 0. The molecule has 2 aromatic rings. The predicted octanol–water partition coefficient (Wildman–Crippen LogP) is 4.21. The van der Waals surface area contributed by atoms with E-state index in [1.165, 1.54) is 25.3 Å². The van der Waals surface area contributed by atoms with Crippen LogP contribution >= 0.6 is 0 Å². The van der Waals surface area contributed by atoms with Gasteiger partial charge >= 0.3 is 0 Å². The number of hydrogen-bond donors (Lipinski definition) is 1. The van der Waals surface area contributed by atoms with Gasteiger partial charge in [0.25, 0.3) is 0 Å². The van der Waals surface area contributed by atoms with Crippen LogP contribution in [0.1, 0.15) is 51.1 Å². The highest BCUT2D eigenvalue weighted by Gasteiger charge is 2.15. The van der Waals surface area contributed by atoms with Crippen LogP contribution in [0.5, 0.6) is 0 Å². The van der Waals surface area contributed by atoms with Gasteiger partial charge < -0.3 is 10.3 Å². The fraction of sp³-hybridized carbons (Fsp3) is 0.533. The number of benzene rings is 1. The van der Waals surface area contributed by atoms with E-state index in [2.05, 4.69) is 18.8 Å². The number of imidazole rings is 1. The van der Waals surface area contributed by atoms with Gasteiger partial charge in [0, 0.05) is 12.1 Å². The summed E-state index contributed by atoms with van der Waals surface area (Å²) >= 11 is 0. The van der Waals surface area contributed by atoms with E-state index in [0.717, 1.165) is 11.9 Å². The highest BCUT2D eigenvalue weighted by atomic mass is 19.1. The number of hydrogen-bond acceptors (Lipinski definition) is 2. The van der Waals surface area contributed by atoms with Gasteiger partial charge in [-0.3, -0.25) is 0 Å². The van der Waals surface area contributed by atoms with Crippen molar-refractivity contribution in [1.29, 1.82) is 0 Å². The van der Waals surface area contributed by atoms with Crippen LogP contribution in [0.3, 0.4) is 0 Å². The van der Waals surface area contributed by atoms with Crippen molar-refractivity contribution in [2.45, 2.75) is 52.5 Å². The summed E-state index contributed by atoms with van der Waals surface area (Å²) in [5.41, 5.74) is 8.19. The molecule has 4 heteroatoms. The van der Waals surface area contributed by atoms with Crippen LogP contribution in [0.4, 0.5) is 10.3 Å². The Labute approximate surface area is 113 Å². The molecule has 104 valence electrons. The number of nitrogen functional groups attached to an aromatic ring is 1. The molecule has 0 aliphatic rings. The molecular weight excluding hydrogens is 241 g/mol. The molecule has 3 nitrogen and oxygen atoms in total. The average Bonchev–Trinajstić information content (AvgIpc) is 2.65. The van der Waals surface area contributed by atoms with Crippen LogP contribution in [0.15, 0.2) is 12.1 Å². The van der Waals surface area contributed by atoms with Crippen LogP contribution in [-0.4, -0.2) is 9.55 Å². The smallest absolute Gasteiger partial charge is 0.201 e. The van der Waals surface area contributed by atoms with Gasteiger partial charge in [-0.05, 0) is 31.9 Å². The molecule has 0 saturated heterocycles. The first-order valence-electron chi connectivity index (χ1n) is 6.98. The lowest BCUT2D eigenvalue weighted by Gasteiger charge is -2.16. The van der Waals surface area contributed by atoms with E-state index >= 15 is 0 Å². The van der Waals surface area contributed by atoms with Crippen LogP contribution in [0.25, 0.3) is 11.0 Å². The number of nitrogens with zero attached hydrogens (tertiary/aromatic N) is 2. The van der Waals surface area contributed by atoms with E-state index in [-0.39, 0.29) is 5.82 Å². The topological polar surface area (TPSA) is 43.8 Å². The minimum Gasteiger partial charge on any atom is -0.369 e. The molecule has 0 amide bonds. The zero-order valence-electron chi connectivity index (χ0n) is 11.9. The second-order valence-corrected chi connectivity index (χ2v) is 5.27. The maximum atomic E-state index is 13.5. The molecule has 0 saturated carbocycles. The Morgan fingerprint density at radius 3 is 2.79 bits per heavy atom. The van der Waals surface area contributed by atoms with E-state index in [1.54, 1.807) is 6.92 Å². The number of halogens is 1. The predicted molar refractivity (Wildman–Crippen MR) is 77.7 cm³/mol. The van der Waals surface area contributed by atoms with Crippen LogP contribution in [0, 0.1) is 12.7 Å². The molecule has 1 aromatic carbocycles. The van der Waals surface area contributed by atoms with Gasteiger partial charge in [0.2, 0.25) is 5.95 Å². The maximum absolute atomic E-state index is 13.5. The number of rotatable bonds is 5. The average molecular weight is 263 g/mol. The summed E-state index contributed by atoms with van der Waals surface area (Å²) in [6, 6.07) is 3.60. The Hall–Kier alpha value is -1.58. The van der Waals surface area contributed by atoms with Crippen LogP contribution in [-0.2, 0) is 0 Å². The summed E-state index contributed by atoms with van der Waals surface area (Å²) in [4.78, 5) is 4.27. The molecule has 0 fully saturated rings. The van der Waals surface area contributed by atoms with Crippen molar-refractivity contribution >= 4 is 17.0 Å². The molecule has 19 heavy (non-hydrogen) atoms. The lowest BCUT2D eigenvalue weighted by molar-refractivity contribution is 0.492. The summed E-state index contributed by atoms with van der Waals surface area (Å²) in [5.74, 6) is 0.250. The van der Waals surface area contributed by atoms with Crippen LogP contribution in [0.2, 0.25) is 0 Å². The number of aryl methyl sites for hydroxylation is 1. The van der Waals surface area contributed by atoms with Crippen molar-refractivity contribution in [2.24, 2.45) is 0 Å². The Kier molecular flexibility index (Phi) is 4.08. The minimum absolute atomic E-state index is 0.226. The molecular formula is C15H22FN3. The number of aromatic nitrogens is 2. The fourth-order valence-electron chi connectivity index (χ4n) is 2.52. The van der Waals surface area contributed by atoms with Gasteiger partial charge in [0.05, 0.1) is 11.0 Å². The molecule has 0 spiro atoms. The third-order valence-corrected chi connectivity index (χ3v) is 3.66. The van der Waals surface area contributed by atoms with Crippen molar-refractivity contribution in [1.82, 2.24) is 9.55 Å². The van der Waals surface area contributed by atoms with Gasteiger partial charge in [-0.25, -0.2) is 9.37 Å². The monoisotopic (exact) mass is 263 g/mol. The molecule has 1 aromatic heterocycles. The SMILES string of the molecule is CCCCCC(C)n1c(N)nc2cc(F)c(C)cc21. The molecule has 0 bridgehead atoms. The number of unbranched alkanes of at least 4 members (excludes halogenated alkanes) is 2. The molecule has 0 aliphatic carbocycles. The second kappa shape index (κ2) is 5.59.